The Morgan fingerprint density at radius 1 is 1.09 bits per heavy atom. The first-order valence-electron chi connectivity index (χ1n) is 11.1. The van der Waals surface area contributed by atoms with Gasteiger partial charge in [-0.2, -0.15) is 0 Å². The molecular weight excluding hydrogens is 440 g/mol. The molecule has 0 aliphatic carbocycles. The number of nitrogens with two attached hydrogens (primary N) is 1. The number of anilines is 2. The van der Waals surface area contributed by atoms with Crippen LogP contribution in [-0.2, 0) is 10.8 Å². The molecule has 3 N–H and O–H groups in total. The average molecular weight is 473 g/mol. The molecule has 178 valence electrons. The van der Waals surface area contributed by atoms with E-state index in [9.17, 15) is 13.8 Å². The molecular formula is C24H32N4O4S. The number of nitrogens with zero attached hydrogens (tertiary/aromatic N) is 2. The van der Waals surface area contributed by atoms with E-state index in [-0.39, 0.29) is 5.78 Å². The summed E-state index contributed by atoms with van der Waals surface area (Å²) in [5.41, 5.74) is 7.14. The van der Waals surface area contributed by atoms with E-state index in [4.69, 9.17) is 10.5 Å². The number of unbranched alkanes of at least 4 members (excludes halogenated alkanes) is 1. The lowest BCUT2D eigenvalue weighted by atomic mass is 10.0. The highest BCUT2D eigenvalue weighted by molar-refractivity contribution is 7.84. The summed E-state index contributed by atoms with van der Waals surface area (Å²) in [5.74, 6) is 0.897. The van der Waals surface area contributed by atoms with Crippen LogP contribution >= 0.6 is 0 Å². The number of benzene rings is 2. The molecule has 1 aliphatic rings. The largest absolute Gasteiger partial charge is 0.495 e. The predicted molar refractivity (Wildman–Crippen MR) is 132 cm³/mol. The molecule has 3 rings (SSSR count). The number of hydrogen-bond acceptors (Lipinski definition) is 6. The molecule has 1 aliphatic heterocycles. The third-order valence-corrected chi connectivity index (χ3v) is 6.77. The smallest absolute Gasteiger partial charge is 0.316 e. The molecule has 1 unspecified atom stereocenters. The van der Waals surface area contributed by atoms with Gasteiger partial charge in [-0.05, 0) is 43.7 Å². The highest BCUT2D eigenvalue weighted by Gasteiger charge is 2.19. The van der Waals surface area contributed by atoms with Crippen molar-refractivity contribution in [1.82, 2.24) is 4.90 Å². The molecule has 0 spiro atoms. The lowest BCUT2D eigenvalue weighted by molar-refractivity contribution is 0.0977. The minimum atomic E-state index is -1.30. The molecule has 2 aromatic carbocycles. The quantitative estimate of drug-likeness (QED) is 0.407. The molecule has 0 aromatic heterocycles. The molecule has 0 saturated carbocycles. The molecule has 1 heterocycles. The number of piperazine rings is 1. The third-order valence-electron chi connectivity index (χ3n) is 5.80. The van der Waals surface area contributed by atoms with E-state index in [0.29, 0.717) is 22.6 Å². The van der Waals surface area contributed by atoms with E-state index in [0.717, 1.165) is 57.0 Å². The van der Waals surface area contributed by atoms with Gasteiger partial charge in [0.2, 0.25) is 0 Å². The van der Waals surface area contributed by atoms with Crippen LogP contribution in [0.25, 0.3) is 0 Å². The van der Waals surface area contributed by atoms with E-state index >= 15 is 0 Å². The van der Waals surface area contributed by atoms with Crippen LogP contribution in [0.2, 0.25) is 0 Å². The molecule has 0 bridgehead atoms. The number of carbonyl (C=O) groups is 2. The van der Waals surface area contributed by atoms with Crippen molar-refractivity contribution < 1.29 is 18.5 Å². The summed E-state index contributed by atoms with van der Waals surface area (Å²) in [6.45, 7) is 4.79. The zero-order chi connectivity index (χ0) is 23.8. The number of methoxy groups -OCH3 is 1. The summed E-state index contributed by atoms with van der Waals surface area (Å²) < 4.78 is 17.3. The highest BCUT2D eigenvalue weighted by Crippen LogP contribution is 2.28. The fourth-order valence-electron chi connectivity index (χ4n) is 4.05. The van der Waals surface area contributed by atoms with Gasteiger partial charge < -0.3 is 20.7 Å². The van der Waals surface area contributed by atoms with Crippen molar-refractivity contribution in [2.75, 3.05) is 56.3 Å². The third kappa shape index (κ3) is 6.79. The number of hydrogen-bond donors (Lipinski definition) is 2. The van der Waals surface area contributed by atoms with Crippen molar-refractivity contribution >= 4 is 34.0 Å². The zero-order valence-corrected chi connectivity index (χ0v) is 20.0. The first-order chi connectivity index (χ1) is 15.9. The Hall–Kier alpha value is -2.91. The van der Waals surface area contributed by atoms with E-state index in [1.807, 2.05) is 18.2 Å². The molecule has 1 atom stereocenters. The number of para-hydroxylation sites is 2. The molecule has 0 radical (unpaired) electrons. The number of primary amides is 1. The van der Waals surface area contributed by atoms with E-state index < -0.39 is 16.8 Å². The Bertz CT molecular complexity index is 1010. The lowest BCUT2D eigenvalue weighted by Gasteiger charge is -2.36. The molecule has 9 heteroatoms. The first kappa shape index (κ1) is 24.7. The average Bonchev–Trinajstić information content (AvgIpc) is 2.81. The fraction of sp³-hybridized carbons (Fsp3) is 0.417. The minimum absolute atomic E-state index is 0.00283. The van der Waals surface area contributed by atoms with Crippen LogP contribution in [0.5, 0.6) is 5.75 Å². The number of urea groups is 1. The van der Waals surface area contributed by atoms with E-state index in [2.05, 4.69) is 21.2 Å². The molecule has 33 heavy (non-hydrogen) atoms. The van der Waals surface area contributed by atoms with Crippen LogP contribution in [-0.4, -0.2) is 67.0 Å². The summed E-state index contributed by atoms with van der Waals surface area (Å²) in [4.78, 5) is 29.1. The van der Waals surface area contributed by atoms with Gasteiger partial charge in [0.05, 0.1) is 34.2 Å². The number of rotatable bonds is 10. The van der Waals surface area contributed by atoms with Crippen molar-refractivity contribution in [1.29, 1.82) is 0 Å². The number of carbonyl (C=O) groups excluding carboxylic acids is 2. The van der Waals surface area contributed by atoms with Gasteiger partial charge in [-0.3, -0.25) is 13.9 Å². The van der Waals surface area contributed by atoms with E-state index in [1.165, 1.54) is 6.26 Å². The Kier molecular flexibility index (Phi) is 8.85. The van der Waals surface area contributed by atoms with Gasteiger partial charge >= 0.3 is 6.03 Å². The summed E-state index contributed by atoms with van der Waals surface area (Å²) >= 11 is 0. The van der Waals surface area contributed by atoms with Crippen LogP contribution < -0.4 is 20.7 Å². The summed E-state index contributed by atoms with van der Waals surface area (Å²) in [5, 5.41) is 2.46. The van der Waals surface area contributed by atoms with Gasteiger partial charge in [0, 0.05) is 44.4 Å². The zero-order valence-electron chi connectivity index (χ0n) is 19.2. The summed E-state index contributed by atoms with van der Waals surface area (Å²) in [7, 11) is 0.396. The summed E-state index contributed by atoms with van der Waals surface area (Å²) in [6, 6.07) is 12.2. The Labute approximate surface area is 197 Å². The number of Topliss-reactive ketones (excluding diaryl/α,β-unsaturated/α-hetero) is 1. The van der Waals surface area contributed by atoms with Crippen LogP contribution in [0.1, 0.15) is 29.6 Å². The maximum absolute atomic E-state index is 12.6. The number of ketones is 1. The van der Waals surface area contributed by atoms with E-state index in [1.54, 1.807) is 25.3 Å². The van der Waals surface area contributed by atoms with Crippen LogP contribution in [0.4, 0.5) is 16.2 Å². The molecule has 1 saturated heterocycles. The van der Waals surface area contributed by atoms with Crippen molar-refractivity contribution in [3.63, 3.8) is 0 Å². The minimum Gasteiger partial charge on any atom is -0.495 e. The summed E-state index contributed by atoms with van der Waals surface area (Å²) in [6.07, 6.45) is 3.65. The SMILES string of the molecule is COc1ccccc1N1CCN(CCCCC(=O)c2ccc(S(C)=O)c(NC(N)=O)c2)CC1. The van der Waals surface area contributed by atoms with Gasteiger partial charge in [0.1, 0.15) is 5.75 Å². The second-order valence-corrected chi connectivity index (χ2v) is 9.38. The Morgan fingerprint density at radius 3 is 2.48 bits per heavy atom. The van der Waals surface area contributed by atoms with Crippen LogP contribution in [0.3, 0.4) is 0 Å². The van der Waals surface area contributed by atoms with Gasteiger partial charge in [0.15, 0.2) is 5.78 Å². The maximum Gasteiger partial charge on any atom is 0.316 e. The van der Waals surface area contributed by atoms with Crippen molar-refractivity contribution in [2.45, 2.75) is 24.2 Å². The number of nitrogens with one attached hydrogen (secondary N) is 1. The molecule has 1 fully saturated rings. The lowest BCUT2D eigenvalue weighted by Crippen LogP contribution is -2.46. The first-order valence-corrected chi connectivity index (χ1v) is 12.6. The predicted octanol–water partition coefficient (Wildman–Crippen LogP) is 3.10. The second kappa shape index (κ2) is 11.8. The second-order valence-electron chi connectivity index (χ2n) is 8.04. The van der Waals surface area contributed by atoms with Crippen molar-refractivity contribution in [2.24, 2.45) is 5.73 Å². The maximum atomic E-state index is 12.6. The van der Waals surface area contributed by atoms with Gasteiger partial charge in [-0.25, -0.2) is 4.79 Å². The molecule has 2 amide bonds. The standard InChI is InChI=1S/C24H32N4O4S/c1-32-22-9-4-3-7-20(22)28-15-13-27(14-16-28)12-6-5-8-21(29)18-10-11-23(33(2)31)19(17-18)26-24(25)30/h3-4,7,9-11,17H,5-6,8,12-16H2,1-2H3,(H3,25,26,30). The van der Waals surface area contributed by atoms with Gasteiger partial charge in [0.25, 0.3) is 0 Å². The van der Waals surface area contributed by atoms with Crippen molar-refractivity contribution in [3.8, 4) is 5.75 Å². The van der Waals surface area contributed by atoms with Crippen LogP contribution in [0, 0.1) is 0 Å². The van der Waals surface area contributed by atoms with Gasteiger partial charge in [-0.15, -0.1) is 0 Å². The molecule has 8 nitrogen and oxygen atoms in total. The monoisotopic (exact) mass is 472 g/mol. The number of ether oxygens (including phenoxy) is 1. The fourth-order valence-corrected chi connectivity index (χ4v) is 4.73. The Morgan fingerprint density at radius 2 is 1.82 bits per heavy atom. The molecule has 2 aromatic rings. The Balaban J connectivity index is 1.44. The van der Waals surface area contributed by atoms with Crippen molar-refractivity contribution in [3.05, 3.63) is 48.0 Å². The normalized spacial score (nSPS) is 15.2. The van der Waals surface area contributed by atoms with Crippen LogP contribution in [0.15, 0.2) is 47.4 Å². The number of amides is 2. The highest BCUT2D eigenvalue weighted by atomic mass is 32.2. The topological polar surface area (TPSA) is 105 Å². The van der Waals surface area contributed by atoms with Gasteiger partial charge in [-0.1, -0.05) is 18.2 Å².